The predicted octanol–water partition coefficient (Wildman–Crippen LogP) is 3.72. The minimum absolute atomic E-state index is 0.178. The van der Waals surface area contributed by atoms with E-state index in [2.05, 4.69) is 6.92 Å². The third kappa shape index (κ3) is 5.32. The number of hydrogen-bond donors (Lipinski definition) is 1. The molecule has 0 aromatic heterocycles. The molecule has 0 heterocycles. The van der Waals surface area contributed by atoms with Crippen molar-refractivity contribution in [2.24, 2.45) is 5.14 Å². The smallest absolute Gasteiger partial charge is 0.238 e. The zero-order chi connectivity index (χ0) is 16.0. The molecule has 1 aromatic rings. The van der Waals surface area contributed by atoms with Gasteiger partial charge in [-0.05, 0) is 42.5 Å². The van der Waals surface area contributed by atoms with Crippen molar-refractivity contribution in [3.63, 3.8) is 0 Å². The van der Waals surface area contributed by atoms with E-state index >= 15 is 0 Å². The van der Waals surface area contributed by atoms with Crippen LogP contribution in [0, 0.1) is 6.92 Å². The first-order valence-corrected chi connectivity index (χ1v) is 9.12. The molecule has 0 aliphatic heterocycles. The molecule has 0 aliphatic rings. The number of nitrogens with two attached hydrogens (primary N) is 1. The Morgan fingerprint density at radius 2 is 1.86 bits per heavy atom. The molecule has 0 unspecified atom stereocenters. The number of aryl methyl sites for hydroxylation is 1. The molecule has 0 bridgehead atoms. The molecule has 4 nitrogen and oxygen atoms in total. The highest BCUT2D eigenvalue weighted by Gasteiger charge is 2.17. The van der Waals surface area contributed by atoms with Crippen molar-refractivity contribution >= 4 is 10.0 Å². The highest BCUT2D eigenvalue weighted by Crippen LogP contribution is 2.31. The first-order chi connectivity index (χ1) is 9.77. The average molecular weight is 313 g/mol. The Morgan fingerprint density at radius 1 is 1.19 bits per heavy atom. The second-order valence-electron chi connectivity index (χ2n) is 5.76. The zero-order valence-corrected chi connectivity index (χ0v) is 14.3. The summed E-state index contributed by atoms with van der Waals surface area (Å²) in [6.07, 6.45) is 4.58. The van der Waals surface area contributed by atoms with Crippen LogP contribution in [0.3, 0.4) is 0 Å². The molecule has 0 spiro atoms. The fourth-order valence-electron chi connectivity index (χ4n) is 2.27. The maximum Gasteiger partial charge on any atom is 0.238 e. The van der Waals surface area contributed by atoms with E-state index in [0.29, 0.717) is 12.2 Å². The lowest BCUT2D eigenvalue weighted by molar-refractivity contribution is 0.300. The van der Waals surface area contributed by atoms with Crippen LogP contribution >= 0.6 is 0 Å². The topological polar surface area (TPSA) is 69.4 Å². The first kappa shape index (κ1) is 18.0. The van der Waals surface area contributed by atoms with Gasteiger partial charge in [0.2, 0.25) is 10.0 Å². The van der Waals surface area contributed by atoms with Gasteiger partial charge < -0.3 is 4.74 Å². The Labute approximate surface area is 128 Å². The number of hydrogen-bond acceptors (Lipinski definition) is 3. The summed E-state index contributed by atoms with van der Waals surface area (Å²) < 4.78 is 29.1. The van der Waals surface area contributed by atoms with Crippen LogP contribution in [0.4, 0.5) is 0 Å². The van der Waals surface area contributed by atoms with E-state index in [9.17, 15) is 8.42 Å². The summed E-state index contributed by atoms with van der Waals surface area (Å²) in [7, 11) is -3.69. The number of primary sulfonamides is 1. The van der Waals surface area contributed by atoms with Crippen molar-refractivity contribution in [1.82, 2.24) is 0 Å². The molecule has 1 rings (SSSR count). The van der Waals surface area contributed by atoms with Crippen LogP contribution < -0.4 is 9.88 Å². The molecule has 0 fully saturated rings. The summed E-state index contributed by atoms with van der Waals surface area (Å²) in [5.41, 5.74) is 1.52. The van der Waals surface area contributed by atoms with E-state index < -0.39 is 10.0 Å². The largest absolute Gasteiger partial charge is 0.493 e. The van der Waals surface area contributed by atoms with E-state index in [1.54, 1.807) is 19.1 Å². The van der Waals surface area contributed by atoms with Gasteiger partial charge in [-0.15, -0.1) is 0 Å². The van der Waals surface area contributed by atoms with Crippen molar-refractivity contribution in [3.05, 3.63) is 23.3 Å². The maximum absolute atomic E-state index is 11.6. The monoisotopic (exact) mass is 313 g/mol. The normalized spacial score (nSPS) is 11.9. The van der Waals surface area contributed by atoms with Gasteiger partial charge in [-0.3, -0.25) is 0 Å². The van der Waals surface area contributed by atoms with Gasteiger partial charge in [-0.25, -0.2) is 13.6 Å². The van der Waals surface area contributed by atoms with E-state index in [4.69, 9.17) is 9.88 Å². The molecule has 2 N–H and O–H groups in total. The van der Waals surface area contributed by atoms with Crippen molar-refractivity contribution < 1.29 is 13.2 Å². The standard InChI is InChI=1S/C16H27NO3S/c1-5-6-7-8-9-20-15-10-13(4)16(21(17,18)19)11-14(15)12(2)3/h10-12H,5-9H2,1-4H3,(H2,17,18,19). The summed E-state index contributed by atoms with van der Waals surface area (Å²) in [6.45, 7) is 8.61. The predicted molar refractivity (Wildman–Crippen MR) is 86.3 cm³/mol. The van der Waals surface area contributed by atoms with Gasteiger partial charge in [0.05, 0.1) is 11.5 Å². The van der Waals surface area contributed by atoms with Crippen LogP contribution in [-0.4, -0.2) is 15.0 Å². The molecule has 0 saturated carbocycles. The fraction of sp³-hybridized carbons (Fsp3) is 0.625. The van der Waals surface area contributed by atoms with Crippen molar-refractivity contribution in [2.75, 3.05) is 6.61 Å². The van der Waals surface area contributed by atoms with E-state index in [0.717, 1.165) is 24.2 Å². The zero-order valence-electron chi connectivity index (χ0n) is 13.5. The van der Waals surface area contributed by atoms with Crippen LogP contribution in [0.1, 0.15) is 63.5 Å². The Kier molecular flexibility index (Phi) is 6.68. The SMILES string of the molecule is CCCCCCOc1cc(C)c(S(N)(=O)=O)cc1C(C)C. The fourth-order valence-corrected chi connectivity index (χ4v) is 3.07. The Hall–Kier alpha value is -1.07. The molecule has 0 saturated heterocycles. The van der Waals surface area contributed by atoms with E-state index in [1.165, 1.54) is 12.8 Å². The van der Waals surface area contributed by atoms with Crippen LogP contribution in [0.25, 0.3) is 0 Å². The number of unbranched alkanes of at least 4 members (excludes halogenated alkanes) is 3. The van der Waals surface area contributed by atoms with Gasteiger partial charge >= 0.3 is 0 Å². The maximum atomic E-state index is 11.6. The summed E-state index contributed by atoms with van der Waals surface area (Å²) >= 11 is 0. The molecule has 21 heavy (non-hydrogen) atoms. The highest BCUT2D eigenvalue weighted by atomic mass is 32.2. The summed E-state index contributed by atoms with van der Waals surface area (Å²) in [5, 5.41) is 5.26. The third-order valence-electron chi connectivity index (χ3n) is 3.49. The summed E-state index contributed by atoms with van der Waals surface area (Å²) in [6, 6.07) is 3.44. The van der Waals surface area contributed by atoms with E-state index in [1.807, 2.05) is 13.8 Å². The second-order valence-corrected chi connectivity index (χ2v) is 7.29. The second kappa shape index (κ2) is 7.80. The van der Waals surface area contributed by atoms with Gasteiger partial charge in [0.1, 0.15) is 5.75 Å². The average Bonchev–Trinajstić information content (AvgIpc) is 2.36. The van der Waals surface area contributed by atoms with Gasteiger partial charge in [0.25, 0.3) is 0 Å². The lowest BCUT2D eigenvalue weighted by Gasteiger charge is -2.17. The molecule has 5 heteroatoms. The molecule has 0 aliphatic carbocycles. The Balaban J connectivity index is 2.96. The highest BCUT2D eigenvalue weighted by molar-refractivity contribution is 7.89. The van der Waals surface area contributed by atoms with Gasteiger partial charge in [-0.1, -0.05) is 40.0 Å². The van der Waals surface area contributed by atoms with Crippen molar-refractivity contribution in [3.8, 4) is 5.75 Å². The van der Waals surface area contributed by atoms with Crippen LogP contribution in [0.15, 0.2) is 17.0 Å². The molecular weight excluding hydrogens is 286 g/mol. The summed E-state index contributed by atoms with van der Waals surface area (Å²) in [4.78, 5) is 0.185. The number of sulfonamides is 1. The van der Waals surface area contributed by atoms with Gasteiger partial charge in [0, 0.05) is 0 Å². The number of ether oxygens (including phenoxy) is 1. The van der Waals surface area contributed by atoms with Crippen molar-refractivity contribution in [2.45, 2.75) is 64.2 Å². The van der Waals surface area contributed by atoms with Crippen molar-refractivity contribution in [1.29, 1.82) is 0 Å². The van der Waals surface area contributed by atoms with Gasteiger partial charge in [-0.2, -0.15) is 0 Å². The molecular formula is C16H27NO3S. The van der Waals surface area contributed by atoms with Crippen LogP contribution in [-0.2, 0) is 10.0 Å². The van der Waals surface area contributed by atoms with Gasteiger partial charge in [0.15, 0.2) is 0 Å². The first-order valence-electron chi connectivity index (χ1n) is 7.57. The number of benzene rings is 1. The molecule has 0 amide bonds. The molecule has 120 valence electrons. The van der Waals surface area contributed by atoms with Crippen LogP contribution in [0.2, 0.25) is 0 Å². The lowest BCUT2D eigenvalue weighted by Crippen LogP contribution is -2.15. The lowest BCUT2D eigenvalue weighted by atomic mass is 10.0. The molecule has 0 radical (unpaired) electrons. The minimum atomic E-state index is -3.69. The molecule has 1 aromatic carbocycles. The molecule has 0 atom stereocenters. The minimum Gasteiger partial charge on any atom is -0.493 e. The summed E-state index contributed by atoms with van der Waals surface area (Å²) in [5.74, 6) is 0.947. The van der Waals surface area contributed by atoms with Crippen LogP contribution in [0.5, 0.6) is 5.75 Å². The third-order valence-corrected chi connectivity index (χ3v) is 4.54. The Bertz CT molecular complexity index is 565. The van der Waals surface area contributed by atoms with E-state index in [-0.39, 0.29) is 10.8 Å². The number of rotatable bonds is 8. The quantitative estimate of drug-likeness (QED) is 0.744. The Morgan fingerprint density at radius 3 is 2.38 bits per heavy atom.